The van der Waals surface area contributed by atoms with E-state index in [1.54, 1.807) is 7.11 Å². The molecule has 1 rings (SSSR count). The quantitative estimate of drug-likeness (QED) is 0.817. The second-order valence-electron chi connectivity index (χ2n) is 3.85. The number of rotatable bonds is 5. The lowest BCUT2D eigenvalue weighted by atomic mass is 10.2. The molecule has 2 nitrogen and oxygen atoms in total. The molecule has 15 heavy (non-hydrogen) atoms. The van der Waals surface area contributed by atoms with Crippen molar-refractivity contribution in [2.24, 2.45) is 0 Å². The molecule has 0 aliphatic carbocycles. The molecule has 84 valence electrons. The van der Waals surface area contributed by atoms with Gasteiger partial charge in [-0.1, -0.05) is 28.1 Å². The highest BCUT2D eigenvalue weighted by Gasteiger charge is 2.08. The zero-order valence-corrected chi connectivity index (χ0v) is 11.1. The SMILES string of the molecule is COCC(C)N(C)Cc1ccc(Br)cc1. The first kappa shape index (κ1) is 12.7. The standard InChI is InChI=1S/C12H18BrNO/c1-10(9-15-3)14(2)8-11-4-6-12(13)7-5-11/h4-7,10H,8-9H2,1-3H3. The highest BCUT2D eigenvalue weighted by molar-refractivity contribution is 9.10. The lowest BCUT2D eigenvalue weighted by Crippen LogP contribution is -2.32. The van der Waals surface area contributed by atoms with Crippen molar-refractivity contribution in [3.05, 3.63) is 34.3 Å². The molecular formula is C12H18BrNO. The number of likely N-dealkylation sites (N-methyl/N-ethyl adjacent to an activating group) is 1. The van der Waals surface area contributed by atoms with Gasteiger partial charge < -0.3 is 4.74 Å². The first-order valence-electron chi connectivity index (χ1n) is 5.07. The molecule has 0 aliphatic rings. The average Bonchev–Trinajstić information content (AvgIpc) is 2.22. The van der Waals surface area contributed by atoms with Gasteiger partial charge in [0, 0.05) is 24.2 Å². The summed E-state index contributed by atoms with van der Waals surface area (Å²) in [5.74, 6) is 0. The minimum atomic E-state index is 0.443. The minimum Gasteiger partial charge on any atom is -0.383 e. The fourth-order valence-electron chi connectivity index (χ4n) is 1.40. The fraction of sp³-hybridized carbons (Fsp3) is 0.500. The van der Waals surface area contributed by atoms with Crippen molar-refractivity contribution in [2.45, 2.75) is 19.5 Å². The third-order valence-corrected chi connectivity index (χ3v) is 3.03. The first-order valence-corrected chi connectivity index (χ1v) is 5.86. The Morgan fingerprint density at radius 3 is 2.47 bits per heavy atom. The molecule has 1 aromatic rings. The van der Waals surface area contributed by atoms with Crippen LogP contribution in [-0.4, -0.2) is 31.7 Å². The smallest absolute Gasteiger partial charge is 0.0615 e. The van der Waals surface area contributed by atoms with Crippen molar-refractivity contribution < 1.29 is 4.74 Å². The number of nitrogens with zero attached hydrogens (tertiary/aromatic N) is 1. The molecular weight excluding hydrogens is 254 g/mol. The third kappa shape index (κ3) is 4.33. The lowest BCUT2D eigenvalue weighted by molar-refractivity contribution is 0.112. The van der Waals surface area contributed by atoms with Crippen LogP contribution in [0.2, 0.25) is 0 Å². The van der Waals surface area contributed by atoms with E-state index in [2.05, 4.69) is 59.1 Å². The second kappa shape index (κ2) is 6.26. The molecule has 1 atom stereocenters. The summed E-state index contributed by atoms with van der Waals surface area (Å²) in [6.07, 6.45) is 0. The van der Waals surface area contributed by atoms with Gasteiger partial charge in [0.1, 0.15) is 0 Å². The summed E-state index contributed by atoms with van der Waals surface area (Å²) in [5.41, 5.74) is 1.32. The Hall–Kier alpha value is -0.380. The van der Waals surface area contributed by atoms with Crippen molar-refractivity contribution in [3.8, 4) is 0 Å². The van der Waals surface area contributed by atoms with E-state index >= 15 is 0 Å². The van der Waals surface area contributed by atoms with Crippen LogP contribution in [0.5, 0.6) is 0 Å². The highest BCUT2D eigenvalue weighted by Crippen LogP contribution is 2.12. The van der Waals surface area contributed by atoms with Gasteiger partial charge in [0.15, 0.2) is 0 Å². The normalized spacial score (nSPS) is 13.1. The largest absolute Gasteiger partial charge is 0.383 e. The lowest BCUT2D eigenvalue weighted by Gasteiger charge is -2.23. The van der Waals surface area contributed by atoms with Gasteiger partial charge in [-0.2, -0.15) is 0 Å². The maximum absolute atomic E-state index is 5.13. The summed E-state index contributed by atoms with van der Waals surface area (Å²) < 4.78 is 6.26. The van der Waals surface area contributed by atoms with Gasteiger partial charge in [0.25, 0.3) is 0 Å². The zero-order valence-electron chi connectivity index (χ0n) is 9.53. The van der Waals surface area contributed by atoms with Crippen LogP contribution in [0, 0.1) is 0 Å². The molecule has 0 radical (unpaired) electrons. The maximum Gasteiger partial charge on any atom is 0.0615 e. The number of benzene rings is 1. The highest BCUT2D eigenvalue weighted by atomic mass is 79.9. The Balaban J connectivity index is 2.50. The fourth-order valence-corrected chi connectivity index (χ4v) is 1.67. The van der Waals surface area contributed by atoms with E-state index in [4.69, 9.17) is 4.74 Å². The predicted octanol–water partition coefficient (Wildman–Crippen LogP) is 2.92. The van der Waals surface area contributed by atoms with Crippen LogP contribution in [0.15, 0.2) is 28.7 Å². The molecule has 0 aromatic heterocycles. The third-order valence-electron chi connectivity index (χ3n) is 2.51. The number of halogens is 1. The minimum absolute atomic E-state index is 0.443. The summed E-state index contributed by atoms with van der Waals surface area (Å²) in [6.45, 7) is 3.90. The van der Waals surface area contributed by atoms with E-state index in [-0.39, 0.29) is 0 Å². The Morgan fingerprint density at radius 2 is 1.93 bits per heavy atom. The van der Waals surface area contributed by atoms with Crippen molar-refractivity contribution >= 4 is 15.9 Å². The molecule has 0 aliphatic heterocycles. The summed E-state index contributed by atoms with van der Waals surface area (Å²) in [6, 6.07) is 8.87. The molecule has 0 amide bonds. The number of methoxy groups -OCH3 is 1. The van der Waals surface area contributed by atoms with Crippen LogP contribution in [0.25, 0.3) is 0 Å². The average molecular weight is 272 g/mol. The molecule has 0 fully saturated rings. The van der Waals surface area contributed by atoms with E-state index < -0.39 is 0 Å². The molecule has 0 saturated carbocycles. The van der Waals surface area contributed by atoms with Crippen LogP contribution in [0.3, 0.4) is 0 Å². The first-order chi connectivity index (χ1) is 7.13. The monoisotopic (exact) mass is 271 g/mol. The Bertz CT molecular complexity index is 286. The van der Waals surface area contributed by atoms with Gasteiger partial charge in [-0.25, -0.2) is 0 Å². The van der Waals surface area contributed by atoms with E-state index in [1.165, 1.54) is 5.56 Å². The van der Waals surface area contributed by atoms with Crippen LogP contribution in [0.1, 0.15) is 12.5 Å². The van der Waals surface area contributed by atoms with Crippen molar-refractivity contribution in [2.75, 3.05) is 20.8 Å². The molecule has 0 N–H and O–H groups in total. The van der Waals surface area contributed by atoms with E-state index in [0.29, 0.717) is 6.04 Å². The number of ether oxygens (including phenoxy) is 1. The molecule has 0 bridgehead atoms. The topological polar surface area (TPSA) is 12.5 Å². The van der Waals surface area contributed by atoms with Gasteiger partial charge in [-0.05, 0) is 31.7 Å². The van der Waals surface area contributed by atoms with Crippen LogP contribution in [0.4, 0.5) is 0 Å². The van der Waals surface area contributed by atoms with Crippen LogP contribution >= 0.6 is 15.9 Å². The molecule has 0 spiro atoms. The van der Waals surface area contributed by atoms with Gasteiger partial charge in [0.05, 0.1) is 6.61 Å². The van der Waals surface area contributed by atoms with Crippen LogP contribution in [-0.2, 0) is 11.3 Å². The van der Waals surface area contributed by atoms with Crippen molar-refractivity contribution in [1.82, 2.24) is 4.90 Å². The molecule has 1 aromatic carbocycles. The second-order valence-corrected chi connectivity index (χ2v) is 4.76. The molecule has 0 saturated heterocycles. The Kier molecular flexibility index (Phi) is 5.29. The molecule has 1 unspecified atom stereocenters. The number of hydrogen-bond donors (Lipinski definition) is 0. The zero-order chi connectivity index (χ0) is 11.3. The summed E-state index contributed by atoms with van der Waals surface area (Å²) in [7, 11) is 3.86. The predicted molar refractivity (Wildman–Crippen MR) is 66.9 cm³/mol. The summed E-state index contributed by atoms with van der Waals surface area (Å²) in [4.78, 5) is 2.28. The van der Waals surface area contributed by atoms with Crippen LogP contribution < -0.4 is 0 Å². The molecule has 0 heterocycles. The summed E-state index contributed by atoms with van der Waals surface area (Å²) in [5, 5.41) is 0. The van der Waals surface area contributed by atoms with Gasteiger partial charge in [-0.15, -0.1) is 0 Å². The Labute approximate surface area is 100 Å². The van der Waals surface area contributed by atoms with Gasteiger partial charge >= 0.3 is 0 Å². The maximum atomic E-state index is 5.13. The van der Waals surface area contributed by atoms with E-state index in [0.717, 1.165) is 17.6 Å². The van der Waals surface area contributed by atoms with Gasteiger partial charge in [-0.3, -0.25) is 4.90 Å². The van der Waals surface area contributed by atoms with E-state index in [1.807, 2.05) is 0 Å². The van der Waals surface area contributed by atoms with E-state index in [9.17, 15) is 0 Å². The molecule has 3 heteroatoms. The number of hydrogen-bond acceptors (Lipinski definition) is 2. The van der Waals surface area contributed by atoms with Crippen molar-refractivity contribution in [3.63, 3.8) is 0 Å². The van der Waals surface area contributed by atoms with Gasteiger partial charge in [0.2, 0.25) is 0 Å². The van der Waals surface area contributed by atoms with Crippen molar-refractivity contribution in [1.29, 1.82) is 0 Å². The Morgan fingerprint density at radius 1 is 1.33 bits per heavy atom. The summed E-state index contributed by atoms with van der Waals surface area (Å²) >= 11 is 3.43.